The monoisotopic (exact) mass is 272 g/mol. The predicted octanol–water partition coefficient (Wildman–Crippen LogP) is 2.63. The number of carbonyl (C=O) groups is 1. The Labute approximate surface area is 116 Å². The molecule has 0 unspecified atom stereocenters. The van der Waals surface area contributed by atoms with Crippen molar-refractivity contribution in [2.75, 3.05) is 0 Å². The summed E-state index contributed by atoms with van der Waals surface area (Å²) in [6, 6.07) is 0. The molecule has 0 saturated carbocycles. The number of nitrogens with two attached hydrogens (primary N) is 2. The van der Waals surface area contributed by atoms with Crippen molar-refractivity contribution in [2.45, 2.75) is 54.1 Å². The molecule has 5 nitrogen and oxygen atoms in total. The van der Waals surface area contributed by atoms with E-state index in [2.05, 4.69) is 11.4 Å². The molecule has 0 heterocycles. The van der Waals surface area contributed by atoms with Gasteiger partial charge in [-0.15, -0.1) is 0 Å². The van der Waals surface area contributed by atoms with Crippen molar-refractivity contribution in [1.82, 2.24) is 0 Å². The van der Waals surface area contributed by atoms with E-state index in [1.807, 2.05) is 41.5 Å². The normalized spacial score (nSPS) is 12.1. The van der Waals surface area contributed by atoms with Crippen LogP contribution >= 0.6 is 0 Å². The lowest BCUT2D eigenvalue weighted by Crippen LogP contribution is -2.21. The topological polar surface area (TPSA) is 87.6 Å². The van der Waals surface area contributed by atoms with Crippen LogP contribution in [0.4, 0.5) is 0 Å². The van der Waals surface area contributed by atoms with Crippen LogP contribution in [0, 0.1) is 5.41 Å². The number of allylic oxidation sites excluding steroid dienone is 2. The Morgan fingerprint density at radius 1 is 1.16 bits per heavy atom. The minimum Gasteiger partial charge on any atom is -0.460 e. The van der Waals surface area contributed by atoms with Gasteiger partial charge in [-0.3, -0.25) is 4.79 Å². The van der Waals surface area contributed by atoms with Crippen LogP contribution in [0.2, 0.25) is 0 Å². The van der Waals surface area contributed by atoms with Gasteiger partial charge >= 0.3 is 5.97 Å². The molecular weight excluding hydrogens is 244 g/mol. The van der Waals surface area contributed by atoms with E-state index < -0.39 is 0 Å². The van der Waals surface area contributed by atoms with Crippen molar-refractivity contribution in [1.29, 1.82) is 0 Å². The molecule has 0 aromatic carbocycles. The fourth-order valence-electron chi connectivity index (χ4n) is 1.03. The van der Waals surface area contributed by atoms with Crippen LogP contribution < -0.4 is 11.6 Å². The molecule has 0 aromatic heterocycles. The number of carbonyl (C=O) groups excluding carboxylic acids is 1. The second kappa shape index (κ2) is 7.84. The first-order valence-corrected chi connectivity index (χ1v) is 6.02. The Morgan fingerprint density at radius 2 is 1.58 bits per heavy atom. The number of ether oxygens (including phenoxy) is 1. The van der Waals surface area contributed by atoms with Gasteiger partial charge in [0.25, 0.3) is 0 Å². The fourth-order valence-corrected chi connectivity index (χ4v) is 1.03. The molecule has 0 radical (unpaired) electrons. The Hall–Kier alpha value is -1.49. The average Bonchev–Trinajstić information content (AvgIpc) is 2.08. The van der Waals surface area contributed by atoms with Gasteiger partial charge in [0.15, 0.2) is 0 Å². The largest absolute Gasteiger partial charge is 0.460 e. The highest BCUT2D eigenvalue weighted by Gasteiger charge is 2.18. The molecule has 4 N–H and O–H groups in total. The summed E-state index contributed by atoms with van der Waals surface area (Å²) in [6.45, 7) is 16.4. The van der Waals surface area contributed by atoms with Gasteiger partial charge in [0.05, 0.1) is 0 Å². The molecule has 0 spiro atoms. The molecule has 19 heavy (non-hydrogen) atoms. The SMILES string of the molecule is C=C(N)/C=C(\ON)C(C)(C)C.CC(=O)OC(C)(C)C. The zero-order valence-corrected chi connectivity index (χ0v) is 13.2. The highest BCUT2D eigenvalue weighted by Crippen LogP contribution is 2.24. The van der Waals surface area contributed by atoms with Gasteiger partial charge < -0.3 is 15.3 Å². The van der Waals surface area contributed by atoms with Crippen molar-refractivity contribution in [3.05, 3.63) is 24.1 Å². The van der Waals surface area contributed by atoms with Crippen molar-refractivity contribution in [2.24, 2.45) is 17.0 Å². The molecule has 0 rings (SSSR count). The van der Waals surface area contributed by atoms with Gasteiger partial charge in [-0.25, -0.2) is 0 Å². The second-order valence-corrected chi connectivity index (χ2v) is 6.16. The van der Waals surface area contributed by atoms with E-state index in [0.29, 0.717) is 11.5 Å². The van der Waals surface area contributed by atoms with Crippen molar-refractivity contribution >= 4 is 5.97 Å². The van der Waals surface area contributed by atoms with Crippen LogP contribution in [0.15, 0.2) is 24.1 Å². The summed E-state index contributed by atoms with van der Waals surface area (Å²) in [7, 11) is 0. The zero-order chi connectivity index (χ0) is 15.9. The number of hydrogen-bond acceptors (Lipinski definition) is 5. The lowest BCUT2D eigenvalue weighted by molar-refractivity contribution is -0.151. The van der Waals surface area contributed by atoms with Gasteiger partial charge in [-0.2, -0.15) is 5.90 Å². The van der Waals surface area contributed by atoms with Gasteiger partial charge in [0.1, 0.15) is 11.4 Å². The van der Waals surface area contributed by atoms with Crippen LogP contribution in [-0.2, 0) is 14.4 Å². The molecule has 0 aliphatic carbocycles. The number of hydrogen-bond donors (Lipinski definition) is 2. The van der Waals surface area contributed by atoms with Crippen LogP contribution in [0.5, 0.6) is 0 Å². The summed E-state index contributed by atoms with van der Waals surface area (Å²) < 4.78 is 4.80. The molecule has 0 atom stereocenters. The van der Waals surface area contributed by atoms with E-state index >= 15 is 0 Å². The van der Waals surface area contributed by atoms with Crippen molar-refractivity contribution < 1.29 is 14.4 Å². The Balaban J connectivity index is 0. The molecule has 0 saturated heterocycles. The first-order valence-electron chi connectivity index (χ1n) is 6.02. The summed E-state index contributed by atoms with van der Waals surface area (Å²) in [5, 5.41) is 0. The molecule has 0 aromatic rings. The van der Waals surface area contributed by atoms with E-state index in [9.17, 15) is 4.79 Å². The lowest BCUT2D eigenvalue weighted by atomic mass is 9.93. The van der Waals surface area contributed by atoms with Crippen LogP contribution in [0.25, 0.3) is 0 Å². The van der Waals surface area contributed by atoms with E-state index in [0.717, 1.165) is 0 Å². The third kappa shape index (κ3) is 14.4. The third-order valence-corrected chi connectivity index (χ3v) is 1.63. The molecule has 0 bridgehead atoms. The van der Waals surface area contributed by atoms with Gasteiger partial charge in [0, 0.05) is 24.1 Å². The summed E-state index contributed by atoms with van der Waals surface area (Å²) in [6.07, 6.45) is 1.62. The Kier molecular flexibility index (Phi) is 8.19. The van der Waals surface area contributed by atoms with E-state index in [1.54, 1.807) is 6.08 Å². The molecule has 0 fully saturated rings. The highest BCUT2D eigenvalue weighted by atomic mass is 16.6. The van der Waals surface area contributed by atoms with E-state index in [1.165, 1.54) is 6.92 Å². The van der Waals surface area contributed by atoms with Crippen LogP contribution in [0.3, 0.4) is 0 Å². The maximum Gasteiger partial charge on any atom is 0.303 e. The molecule has 0 aliphatic rings. The summed E-state index contributed by atoms with van der Waals surface area (Å²) in [5.41, 5.74) is 5.35. The second-order valence-electron chi connectivity index (χ2n) is 6.16. The molecule has 5 heteroatoms. The van der Waals surface area contributed by atoms with Crippen LogP contribution in [0.1, 0.15) is 48.5 Å². The predicted molar refractivity (Wildman–Crippen MR) is 77.7 cm³/mol. The minimum atomic E-state index is -0.328. The third-order valence-electron chi connectivity index (χ3n) is 1.63. The zero-order valence-electron chi connectivity index (χ0n) is 13.2. The number of esters is 1. The van der Waals surface area contributed by atoms with Gasteiger partial charge in [0.2, 0.25) is 0 Å². The van der Waals surface area contributed by atoms with E-state index in [4.69, 9.17) is 16.4 Å². The first kappa shape index (κ1) is 19.8. The fraction of sp³-hybridized carbons (Fsp3) is 0.643. The van der Waals surface area contributed by atoms with Crippen molar-refractivity contribution in [3.8, 4) is 0 Å². The summed E-state index contributed by atoms with van der Waals surface area (Å²) in [4.78, 5) is 14.9. The Bertz CT molecular complexity index is 334. The quantitative estimate of drug-likeness (QED) is 0.349. The highest BCUT2D eigenvalue weighted by molar-refractivity contribution is 5.66. The van der Waals surface area contributed by atoms with Gasteiger partial charge in [-0.05, 0) is 20.8 Å². The maximum absolute atomic E-state index is 10.2. The smallest absolute Gasteiger partial charge is 0.303 e. The van der Waals surface area contributed by atoms with Gasteiger partial charge in [-0.1, -0.05) is 27.4 Å². The van der Waals surface area contributed by atoms with Crippen LogP contribution in [-0.4, -0.2) is 11.6 Å². The molecular formula is C14H28N2O3. The van der Waals surface area contributed by atoms with Crippen molar-refractivity contribution in [3.63, 3.8) is 0 Å². The Morgan fingerprint density at radius 3 is 1.63 bits per heavy atom. The maximum atomic E-state index is 10.2. The lowest BCUT2D eigenvalue weighted by Gasteiger charge is -2.20. The molecule has 0 aliphatic heterocycles. The first-order chi connectivity index (χ1) is 8.29. The minimum absolute atomic E-state index is 0.128. The molecule has 112 valence electrons. The summed E-state index contributed by atoms with van der Waals surface area (Å²) >= 11 is 0. The van der Waals surface area contributed by atoms with E-state index in [-0.39, 0.29) is 17.0 Å². The standard InChI is InChI=1S/C8H16N2O.C6H12O2/c1-6(9)5-7(11-10)8(2,3)4;1-5(7)8-6(2,3)4/h5H,1,9-10H2,2-4H3;1-4H3/b7-5-;. The average molecular weight is 272 g/mol. The molecule has 0 amide bonds. The number of rotatable bonds is 2. The summed E-state index contributed by atoms with van der Waals surface area (Å²) in [5.74, 6) is 5.45.